The minimum absolute atomic E-state index is 0.0976. The maximum atomic E-state index is 11.8. The number of fused-ring (bicyclic) bond motifs is 3. The summed E-state index contributed by atoms with van der Waals surface area (Å²) >= 11 is 5.96. The lowest BCUT2D eigenvalue weighted by molar-refractivity contribution is -0.143. The molecule has 0 aliphatic carbocycles. The number of ether oxygens (including phenoxy) is 1. The predicted octanol–water partition coefficient (Wildman–Crippen LogP) is 2.89. The summed E-state index contributed by atoms with van der Waals surface area (Å²) < 4.78 is 6.84. The van der Waals surface area contributed by atoms with Gasteiger partial charge in [0.25, 0.3) is 0 Å². The quantitative estimate of drug-likeness (QED) is 0.549. The number of rotatable bonds is 4. The Kier molecular flexibility index (Phi) is 3.75. The first kappa shape index (κ1) is 13.8. The van der Waals surface area contributed by atoms with Gasteiger partial charge in [0.15, 0.2) is 0 Å². The summed E-state index contributed by atoms with van der Waals surface area (Å²) in [6.07, 6.45) is 1.70. The third-order valence-electron chi connectivity index (χ3n) is 3.27. The second-order valence-electron chi connectivity index (χ2n) is 4.56. The molecule has 0 N–H and O–H groups in total. The van der Waals surface area contributed by atoms with E-state index >= 15 is 0 Å². The molecule has 108 valence electrons. The van der Waals surface area contributed by atoms with E-state index in [4.69, 9.17) is 16.3 Å². The number of pyridine rings is 1. The second-order valence-corrected chi connectivity index (χ2v) is 4.83. The van der Waals surface area contributed by atoms with E-state index in [2.05, 4.69) is 9.97 Å². The van der Waals surface area contributed by atoms with Crippen molar-refractivity contribution in [2.45, 2.75) is 19.3 Å². The minimum atomic E-state index is -0.302. The van der Waals surface area contributed by atoms with E-state index in [1.165, 1.54) is 0 Å². The first-order valence-corrected chi connectivity index (χ1v) is 7.22. The molecule has 0 aliphatic heterocycles. The Labute approximate surface area is 126 Å². The largest absolute Gasteiger partial charge is 0.465 e. The summed E-state index contributed by atoms with van der Waals surface area (Å²) in [6, 6.07) is 7.75. The first-order chi connectivity index (χ1) is 10.2. The van der Waals surface area contributed by atoms with Crippen LogP contribution in [0.25, 0.3) is 21.9 Å². The number of carbonyl (C=O) groups is 1. The molecule has 6 heteroatoms. The van der Waals surface area contributed by atoms with Gasteiger partial charge in [-0.2, -0.15) is 0 Å². The number of para-hydroxylation sites is 1. The van der Waals surface area contributed by atoms with Crippen molar-refractivity contribution in [1.82, 2.24) is 14.5 Å². The van der Waals surface area contributed by atoms with Crippen molar-refractivity contribution in [3.8, 4) is 0 Å². The van der Waals surface area contributed by atoms with Crippen LogP contribution in [0.2, 0.25) is 0 Å². The van der Waals surface area contributed by atoms with Crippen molar-refractivity contribution >= 4 is 39.5 Å². The highest BCUT2D eigenvalue weighted by atomic mass is 35.5. The fraction of sp³-hybridized carbons (Fsp3) is 0.267. The summed E-state index contributed by atoms with van der Waals surface area (Å²) in [5.41, 5.74) is 2.45. The van der Waals surface area contributed by atoms with Crippen LogP contribution >= 0.6 is 11.6 Å². The van der Waals surface area contributed by atoms with Gasteiger partial charge in [0.2, 0.25) is 0 Å². The topological polar surface area (TPSA) is 57.0 Å². The number of imidazole rings is 1. The molecule has 0 radical (unpaired) electrons. The summed E-state index contributed by atoms with van der Waals surface area (Å²) in [7, 11) is 0. The zero-order valence-electron chi connectivity index (χ0n) is 11.5. The lowest BCUT2D eigenvalue weighted by Gasteiger charge is -2.08. The minimum Gasteiger partial charge on any atom is -0.465 e. The van der Waals surface area contributed by atoms with Crippen LogP contribution < -0.4 is 0 Å². The van der Waals surface area contributed by atoms with Crippen molar-refractivity contribution in [3.05, 3.63) is 36.3 Å². The van der Waals surface area contributed by atoms with Crippen LogP contribution in [0.15, 0.2) is 30.5 Å². The molecule has 0 saturated heterocycles. The van der Waals surface area contributed by atoms with Crippen molar-refractivity contribution < 1.29 is 9.53 Å². The number of hydrogen-bond donors (Lipinski definition) is 0. The number of hydrogen-bond acceptors (Lipinski definition) is 4. The van der Waals surface area contributed by atoms with Crippen LogP contribution in [0.5, 0.6) is 0 Å². The summed E-state index contributed by atoms with van der Waals surface area (Å²) in [5, 5.41) is 0.947. The smallest absolute Gasteiger partial charge is 0.326 e. The molecule has 0 fully saturated rings. The average molecular weight is 304 g/mol. The Bertz CT molecular complexity index is 813. The van der Waals surface area contributed by atoms with Gasteiger partial charge >= 0.3 is 5.97 Å². The van der Waals surface area contributed by atoms with E-state index < -0.39 is 0 Å². The maximum absolute atomic E-state index is 11.8. The third kappa shape index (κ3) is 2.45. The van der Waals surface area contributed by atoms with Crippen LogP contribution in [0.4, 0.5) is 0 Å². The van der Waals surface area contributed by atoms with Gasteiger partial charge in [0.1, 0.15) is 17.9 Å². The molecule has 0 amide bonds. The highest BCUT2D eigenvalue weighted by molar-refractivity contribution is 6.17. The van der Waals surface area contributed by atoms with Crippen molar-refractivity contribution in [3.63, 3.8) is 0 Å². The van der Waals surface area contributed by atoms with Gasteiger partial charge < -0.3 is 9.30 Å². The average Bonchev–Trinajstić information content (AvgIpc) is 2.85. The summed E-state index contributed by atoms with van der Waals surface area (Å²) in [6.45, 7) is 2.23. The molecular weight excluding hydrogens is 290 g/mol. The zero-order chi connectivity index (χ0) is 14.8. The van der Waals surface area contributed by atoms with Crippen LogP contribution in [0.3, 0.4) is 0 Å². The van der Waals surface area contributed by atoms with E-state index in [9.17, 15) is 4.79 Å². The van der Waals surface area contributed by atoms with Gasteiger partial charge in [-0.05, 0) is 13.0 Å². The van der Waals surface area contributed by atoms with Gasteiger partial charge in [-0.3, -0.25) is 9.78 Å². The number of nitrogens with zero attached hydrogens (tertiary/aromatic N) is 3. The lowest BCUT2D eigenvalue weighted by Crippen LogP contribution is -2.15. The lowest BCUT2D eigenvalue weighted by atomic mass is 10.2. The van der Waals surface area contributed by atoms with Gasteiger partial charge in [0, 0.05) is 5.39 Å². The molecular formula is C15H14ClN3O2. The van der Waals surface area contributed by atoms with Gasteiger partial charge in [-0.15, -0.1) is 11.6 Å². The van der Waals surface area contributed by atoms with Gasteiger partial charge in [0.05, 0.1) is 29.7 Å². The SMILES string of the molecule is CCOC(=O)Cn1c(CCl)nc2cnc3ccccc3c21. The summed E-state index contributed by atoms with van der Waals surface area (Å²) in [5.74, 6) is 0.560. The van der Waals surface area contributed by atoms with Crippen LogP contribution in [0.1, 0.15) is 12.7 Å². The Morgan fingerprint density at radius 2 is 2.14 bits per heavy atom. The Hall–Kier alpha value is -2.14. The van der Waals surface area contributed by atoms with Crippen LogP contribution in [0, 0.1) is 0 Å². The van der Waals surface area contributed by atoms with E-state index in [0.29, 0.717) is 12.4 Å². The molecule has 0 bridgehead atoms. The summed E-state index contributed by atoms with van der Waals surface area (Å²) in [4.78, 5) is 20.7. The molecule has 2 heterocycles. The van der Waals surface area contributed by atoms with E-state index in [1.807, 2.05) is 28.8 Å². The molecule has 21 heavy (non-hydrogen) atoms. The third-order valence-corrected chi connectivity index (χ3v) is 3.51. The maximum Gasteiger partial charge on any atom is 0.326 e. The van der Waals surface area contributed by atoms with Crippen LogP contribution in [-0.2, 0) is 22.0 Å². The highest BCUT2D eigenvalue weighted by Crippen LogP contribution is 2.25. The Morgan fingerprint density at radius 1 is 1.33 bits per heavy atom. The van der Waals surface area contributed by atoms with Crippen molar-refractivity contribution in [1.29, 1.82) is 0 Å². The molecule has 3 rings (SSSR count). The second kappa shape index (κ2) is 5.69. The molecule has 1 aromatic carbocycles. The van der Waals surface area contributed by atoms with E-state index in [-0.39, 0.29) is 18.4 Å². The number of esters is 1. The predicted molar refractivity (Wildman–Crippen MR) is 81.2 cm³/mol. The number of aromatic nitrogens is 3. The zero-order valence-corrected chi connectivity index (χ0v) is 12.3. The fourth-order valence-electron chi connectivity index (χ4n) is 2.42. The molecule has 0 atom stereocenters. The van der Waals surface area contributed by atoms with Crippen LogP contribution in [-0.4, -0.2) is 27.1 Å². The number of halogens is 1. The molecule has 0 spiro atoms. The number of alkyl halides is 1. The molecule has 0 saturated carbocycles. The monoisotopic (exact) mass is 303 g/mol. The Balaban J connectivity index is 2.24. The highest BCUT2D eigenvalue weighted by Gasteiger charge is 2.16. The van der Waals surface area contributed by atoms with Gasteiger partial charge in [-0.1, -0.05) is 18.2 Å². The molecule has 0 unspecified atom stereocenters. The normalized spacial score (nSPS) is 11.1. The molecule has 3 aromatic rings. The first-order valence-electron chi connectivity index (χ1n) is 6.69. The van der Waals surface area contributed by atoms with Gasteiger partial charge in [-0.25, -0.2) is 4.98 Å². The number of carbonyl (C=O) groups excluding carboxylic acids is 1. The van der Waals surface area contributed by atoms with Crippen molar-refractivity contribution in [2.24, 2.45) is 0 Å². The van der Waals surface area contributed by atoms with E-state index in [0.717, 1.165) is 21.9 Å². The van der Waals surface area contributed by atoms with Crippen molar-refractivity contribution in [2.75, 3.05) is 6.61 Å². The fourth-order valence-corrected chi connectivity index (χ4v) is 2.62. The molecule has 2 aromatic heterocycles. The molecule has 5 nitrogen and oxygen atoms in total. The Morgan fingerprint density at radius 3 is 2.90 bits per heavy atom. The number of benzene rings is 1. The standard InChI is InChI=1S/C15H14ClN3O2/c1-2-21-14(20)9-19-13(7-16)18-12-8-17-11-6-4-3-5-10(11)15(12)19/h3-6,8H,2,7,9H2,1H3. The molecule has 0 aliphatic rings. The van der Waals surface area contributed by atoms with E-state index in [1.54, 1.807) is 13.1 Å².